The van der Waals surface area contributed by atoms with Crippen molar-refractivity contribution in [3.63, 3.8) is 0 Å². The lowest BCUT2D eigenvalue weighted by Gasteiger charge is -2.35. The van der Waals surface area contributed by atoms with Crippen LogP contribution in [0.3, 0.4) is 0 Å². The maximum absolute atomic E-state index is 4.52. The number of aromatic nitrogens is 2. The normalized spacial score (nSPS) is 17.2. The van der Waals surface area contributed by atoms with Crippen LogP contribution < -0.4 is 10.2 Å². The highest BCUT2D eigenvalue weighted by molar-refractivity contribution is 5.43. The zero-order valence-corrected chi connectivity index (χ0v) is 10.7. The summed E-state index contributed by atoms with van der Waals surface area (Å²) >= 11 is 0. The lowest BCUT2D eigenvalue weighted by Crippen LogP contribution is -2.46. The van der Waals surface area contributed by atoms with Crippen molar-refractivity contribution in [1.82, 2.24) is 14.9 Å². The van der Waals surface area contributed by atoms with Crippen molar-refractivity contribution in [3.8, 4) is 0 Å². The smallest absolute Gasteiger partial charge is 0.149 e. The van der Waals surface area contributed by atoms with E-state index in [1.54, 1.807) is 6.20 Å². The number of nitrogens with one attached hydrogen (secondary N) is 1. The van der Waals surface area contributed by atoms with Gasteiger partial charge in [0.1, 0.15) is 11.6 Å². The molecule has 0 radical (unpaired) electrons. The van der Waals surface area contributed by atoms with Crippen LogP contribution in [0.2, 0.25) is 0 Å². The fourth-order valence-electron chi connectivity index (χ4n) is 2.15. The average molecular weight is 235 g/mol. The summed E-state index contributed by atoms with van der Waals surface area (Å²) < 4.78 is 0. The first kappa shape index (κ1) is 12.1. The molecule has 1 aliphatic heterocycles. The molecule has 1 aromatic heterocycles. The van der Waals surface area contributed by atoms with Crippen LogP contribution in [0.5, 0.6) is 0 Å². The van der Waals surface area contributed by atoms with E-state index < -0.39 is 0 Å². The standard InChI is InChI=1S/C12H21N5/c1-3-4-16-5-7-17(8-6-16)12-10-14-9-11(13-2)15-12/h9-10H,3-8H2,1-2H3,(H,13,15). The van der Waals surface area contributed by atoms with E-state index in [0.29, 0.717) is 0 Å². The third-order valence-electron chi connectivity index (χ3n) is 3.11. The molecule has 0 bridgehead atoms. The van der Waals surface area contributed by atoms with E-state index in [1.165, 1.54) is 13.0 Å². The third-order valence-corrected chi connectivity index (χ3v) is 3.11. The first-order valence-corrected chi connectivity index (χ1v) is 6.30. The molecule has 5 heteroatoms. The van der Waals surface area contributed by atoms with Crippen molar-refractivity contribution in [3.05, 3.63) is 12.4 Å². The Morgan fingerprint density at radius 1 is 1.24 bits per heavy atom. The van der Waals surface area contributed by atoms with Crippen LogP contribution in [0.4, 0.5) is 11.6 Å². The maximum Gasteiger partial charge on any atom is 0.149 e. The lowest BCUT2D eigenvalue weighted by molar-refractivity contribution is 0.258. The van der Waals surface area contributed by atoms with Crippen LogP contribution in [-0.2, 0) is 0 Å². The van der Waals surface area contributed by atoms with Gasteiger partial charge < -0.3 is 10.2 Å². The van der Waals surface area contributed by atoms with Gasteiger partial charge in [-0.05, 0) is 13.0 Å². The van der Waals surface area contributed by atoms with Crippen molar-refractivity contribution in [2.24, 2.45) is 0 Å². The van der Waals surface area contributed by atoms with Gasteiger partial charge in [-0.2, -0.15) is 0 Å². The molecular weight excluding hydrogens is 214 g/mol. The average Bonchev–Trinajstić information content (AvgIpc) is 2.40. The van der Waals surface area contributed by atoms with Crippen LogP contribution in [0.15, 0.2) is 12.4 Å². The predicted octanol–water partition coefficient (Wildman–Crippen LogP) is 1.05. The second-order valence-corrected chi connectivity index (χ2v) is 4.34. The van der Waals surface area contributed by atoms with Crippen molar-refractivity contribution >= 4 is 11.6 Å². The van der Waals surface area contributed by atoms with Gasteiger partial charge >= 0.3 is 0 Å². The van der Waals surface area contributed by atoms with Crippen LogP contribution >= 0.6 is 0 Å². The van der Waals surface area contributed by atoms with Gasteiger partial charge in [0.15, 0.2) is 0 Å². The minimum absolute atomic E-state index is 0.832. The number of nitrogens with zero attached hydrogens (tertiary/aromatic N) is 4. The van der Waals surface area contributed by atoms with Gasteiger partial charge in [-0.1, -0.05) is 6.92 Å². The van der Waals surface area contributed by atoms with Gasteiger partial charge in [0, 0.05) is 33.2 Å². The van der Waals surface area contributed by atoms with Crippen molar-refractivity contribution in [1.29, 1.82) is 0 Å². The van der Waals surface area contributed by atoms with Gasteiger partial charge in [0.2, 0.25) is 0 Å². The summed E-state index contributed by atoms with van der Waals surface area (Å²) in [6.45, 7) is 7.77. The maximum atomic E-state index is 4.52. The Kier molecular flexibility index (Phi) is 4.14. The van der Waals surface area contributed by atoms with E-state index in [2.05, 4.69) is 32.0 Å². The second kappa shape index (κ2) is 5.82. The summed E-state index contributed by atoms with van der Waals surface area (Å²) in [5.74, 6) is 1.81. The summed E-state index contributed by atoms with van der Waals surface area (Å²) in [6, 6.07) is 0. The molecule has 0 saturated carbocycles. The Labute approximate surface area is 103 Å². The molecule has 94 valence electrons. The van der Waals surface area contributed by atoms with E-state index in [-0.39, 0.29) is 0 Å². The summed E-state index contributed by atoms with van der Waals surface area (Å²) in [5.41, 5.74) is 0. The summed E-state index contributed by atoms with van der Waals surface area (Å²) in [7, 11) is 1.87. The van der Waals surface area contributed by atoms with E-state index in [1.807, 2.05) is 13.2 Å². The van der Waals surface area contributed by atoms with Gasteiger partial charge in [-0.3, -0.25) is 9.88 Å². The van der Waals surface area contributed by atoms with Crippen molar-refractivity contribution in [2.45, 2.75) is 13.3 Å². The first-order chi connectivity index (χ1) is 8.33. The molecule has 0 aromatic carbocycles. The van der Waals surface area contributed by atoms with E-state index >= 15 is 0 Å². The first-order valence-electron chi connectivity index (χ1n) is 6.30. The minimum atomic E-state index is 0.832. The largest absolute Gasteiger partial charge is 0.372 e. The van der Waals surface area contributed by atoms with Gasteiger partial charge in [0.05, 0.1) is 12.4 Å². The molecule has 0 unspecified atom stereocenters. The van der Waals surface area contributed by atoms with E-state index in [9.17, 15) is 0 Å². The quantitative estimate of drug-likeness (QED) is 0.845. The second-order valence-electron chi connectivity index (χ2n) is 4.34. The Hall–Kier alpha value is -1.36. The SMILES string of the molecule is CCCN1CCN(c2cncc(NC)n2)CC1. The fraction of sp³-hybridized carbons (Fsp3) is 0.667. The molecule has 1 aromatic rings. The molecule has 0 amide bonds. The van der Waals surface area contributed by atoms with Crippen LogP contribution in [-0.4, -0.2) is 54.6 Å². The molecule has 1 aliphatic rings. The minimum Gasteiger partial charge on any atom is -0.372 e. The topological polar surface area (TPSA) is 44.3 Å². The van der Waals surface area contributed by atoms with Gasteiger partial charge in [0.25, 0.3) is 0 Å². The molecule has 17 heavy (non-hydrogen) atoms. The molecule has 2 rings (SSSR count). The molecule has 0 atom stereocenters. The van der Waals surface area contributed by atoms with Gasteiger partial charge in [-0.15, -0.1) is 0 Å². The molecule has 1 fully saturated rings. The van der Waals surface area contributed by atoms with Gasteiger partial charge in [-0.25, -0.2) is 4.98 Å². The molecule has 0 spiro atoms. The predicted molar refractivity (Wildman–Crippen MR) is 70.5 cm³/mol. The highest BCUT2D eigenvalue weighted by atomic mass is 15.3. The number of piperazine rings is 1. The zero-order chi connectivity index (χ0) is 12.1. The highest BCUT2D eigenvalue weighted by Crippen LogP contribution is 2.14. The number of hydrogen-bond donors (Lipinski definition) is 1. The fourth-order valence-corrected chi connectivity index (χ4v) is 2.15. The Balaban J connectivity index is 1.95. The Morgan fingerprint density at radius 2 is 2.00 bits per heavy atom. The zero-order valence-electron chi connectivity index (χ0n) is 10.7. The van der Waals surface area contributed by atoms with Crippen molar-refractivity contribution < 1.29 is 0 Å². The van der Waals surface area contributed by atoms with Crippen LogP contribution in [0, 0.1) is 0 Å². The number of anilines is 2. The van der Waals surface area contributed by atoms with Crippen LogP contribution in [0.1, 0.15) is 13.3 Å². The summed E-state index contributed by atoms with van der Waals surface area (Å²) in [6.07, 6.45) is 4.82. The molecule has 0 aliphatic carbocycles. The number of rotatable bonds is 4. The Morgan fingerprint density at radius 3 is 2.65 bits per heavy atom. The molecule has 5 nitrogen and oxygen atoms in total. The third kappa shape index (κ3) is 3.06. The molecule has 1 N–H and O–H groups in total. The molecule has 1 saturated heterocycles. The lowest BCUT2D eigenvalue weighted by atomic mass is 10.3. The monoisotopic (exact) mass is 235 g/mol. The van der Waals surface area contributed by atoms with Crippen molar-refractivity contribution in [2.75, 3.05) is 50.0 Å². The summed E-state index contributed by atoms with van der Waals surface area (Å²) in [4.78, 5) is 13.5. The number of hydrogen-bond acceptors (Lipinski definition) is 5. The van der Waals surface area contributed by atoms with Crippen LogP contribution in [0.25, 0.3) is 0 Å². The van der Waals surface area contributed by atoms with E-state index in [4.69, 9.17) is 0 Å². The Bertz CT molecular complexity index is 347. The highest BCUT2D eigenvalue weighted by Gasteiger charge is 2.17. The van der Waals surface area contributed by atoms with E-state index in [0.717, 1.165) is 37.8 Å². The molecule has 2 heterocycles. The molecular formula is C12H21N5. The summed E-state index contributed by atoms with van der Waals surface area (Å²) in [5, 5.41) is 3.02.